The topological polar surface area (TPSA) is 69.7 Å². The molecule has 2 aromatic heterocycles. The van der Waals surface area contributed by atoms with E-state index in [9.17, 15) is 0 Å². The minimum absolute atomic E-state index is 0.715. The van der Waals surface area contributed by atoms with Crippen molar-refractivity contribution in [3.05, 3.63) is 12.7 Å². The zero-order chi connectivity index (χ0) is 12.2. The van der Waals surface area contributed by atoms with Crippen LogP contribution in [-0.2, 0) is 0 Å². The fourth-order valence-corrected chi connectivity index (χ4v) is 2.41. The van der Waals surface area contributed by atoms with Gasteiger partial charge in [0.1, 0.15) is 11.8 Å². The van der Waals surface area contributed by atoms with Gasteiger partial charge in [-0.25, -0.2) is 15.0 Å². The van der Waals surface area contributed by atoms with E-state index in [-0.39, 0.29) is 0 Å². The zero-order valence-electron chi connectivity index (χ0n) is 10.4. The van der Waals surface area contributed by atoms with Gasteiger partial charge in [-0.05, 0) is 38.9 Å². The van der Waals surface area contributed by atoms with Crippen LogP contribution in [0.4, 0.5) is 5.82 Å². The highest BCUT2D eigenvalue weighted by Crippen LogP contribution is 2.14. The number of fused-ring (bicyclic) bond motifs is 1. The molecule has 6 heteroatoms. The van der Waals surface area contributed by atoms with Crippen molar-refractivity contribution >= 4 is 17.0 Å². The highest BCUT2D eigenvalue weighted by molar-refractivity contribution is 5.81. The smallest absolute Gasteiger partial charge is 0.182 e. The van der Waals surface area contributed by atoms with Gasteiger partial charge in [0, 0.05) is 6.54 Å². The molecular formula is C12H18N6. The molecule has 3 rings (SSSR count). The molecule has 6 nitrogen and oxygen atoms in total. The van der Waals surface area contributed by atoms with Crippen LogP contribution in [0.15, 0.2) is 12.7 Å². The molecule has 3 heterocycles. The van der Waals surface area contributed by atoms with Crippen molar-refractivity contribution in [3.63, 3.8) is 0 Å². The SMILES string of the molecule is c1nc(NCCCN2CCCC2)c2[nH]cnc2n1. The Morgan fingerprint density at radius 1 is 1.22 bits per heavy atom. The summed E-state index contributed by atoms with van der Waals surface area (Å²) in [5.41, 5.74) is 1.60. The molecule has 0 saturated carbocycles. The Bertz CT molecular complexity index is 502. The first-order valence-corrected chi connectivity index (χ1v) is 6.54. The highest BCUT2D eigenvalue weighted by Gasteiger charge is 2.10. The maximum absolute atomic E-state index is 4.24. The van der Waals surface area contributed by atoms with E-state index in [1.165, 1.54) is 32.5 Å². The number of rotatable bonds is 5. The van der Waals surface area contributed by atoms with Gasteiger partial charge in [0.25, 0.3) is 0 Å². The van der Waals surface area contributed by atoms with Gasteiger partial charge in [-0.1, -0.05) is 0 Å². The summed E-state index contributed by atoms with van der Waals surface area (Å²) in [6, 6.07) is 0. The summed E-state index contributed by atoms with van der Waals surface area (Å²) < 4.78 is 0. The molecule has 0 aromatic carbocycles. The Hall–Kier alpha value is -1.69. The van der Waals surface area contributed by atoms with E-state index in [4.69, 9.17) is 0 Å². The number of likely N-dealkylation sites (tertiary alicyclic amines) is 1. The van der Waals surface area contributed by atoms with Gasteiger partial charge in [-0.15, -0.1) is 0 Å². The van der Waals surface area contributed by atoms with Crippen LogP contribution in [0.2, 0.25) is 0 Å². The lowest BCUT2D eigenvalue weighted by Crippen LogP contribution is -2.22. The molecule has 0 spiro atoms. The van der Waals surface area contributed by atoms with Crippen LogP contribution in [0.25, 0.3) is 11.2 Å². The maximum atomic E-state index is 4.24. The van der Waals surface area contributed by atoms with Crippen LogP contribution < -0.4 is 5.32 Å². The van der Waals surface area contributed by atoms with Crippen LogP contribution >= 0.6 is 0 Å². The largest absolute Gasteiger partial charge is 0.368 e. The number of hydrogen-bond acceptors (Lipinski definition) is 5. The van der Waals surface area contributed by atoms with E-state index in [2.05, 4.69) is 30.2 Å². The quantitative estimate of drug-likeness (QED) is 0.777. The van der Waals surface area contributed by atoms with Gasteiger partial charge in [0.05, 0.1) is 6.33 Å². The number of anilines is 1. The van der Waals surface area contributed by atoms with Crippen molar-refractivity contribution in [2.45, 2.75) is 19.3 Å². The summed E-state index contributed by atoms with van der Waals surface area (Å²) in [6.45, 7) is 4.63. The summed E-state index contributed by atoms with van der Waals surface area (Å²) in [4.78, 5) is 18.0. The first-order chi connectivity index (χ1) is 8.93. The first kappa shape index (κ1) is 11.4. The summed E-state index contributed by atoms with van der Waals surface area (Å²) in [5, 5.41) is 3.35. The molecule has 1 fully saturated rings. The third-order valence-electron chi connectivity index (χ3n) is 3.37. The molecule has 0 bridgehead atoms. The summed E-state index contributed by atoms with van der Waals surface area (Å²) >= 11 is 0. The maximum Gasteiger partial charge on any atom is 0.182 e. The number of aromatic nitrogens is 4. The van der Waals surface area contributed by atoms with Crippen molar-refractivity contribution in [1.82, 2.24) is 24.8 Å². The van der Waals surface area contributed by atoms with E-state index >= 15 is 0 Å². The molecule has 0 radical (unpaired) electrons. The van der Waals surface area contributed by atoms with E-state index < -0.39 is 0 Å². The second kappa shape index (κ2) is 5.30. The number of nitrogens with zero attached hydrogens (tertiary/aromatic N) is 4. The number of H-pyrrole nitrogens is 1. The molecule has 0 atom stereocenters. The van der Waals surface area contributed by atoms with Gasteiger partial charge in [0.15, 0.2) is 11.5 Å². The monoisotopic (exact) mass is 246 g/mol. The van der Waals surface area contributed by atoms with Crippen molar-refractivity contribution < 1.29 is 0 Å². The lowest BCUT2D eigenvalue weighted by atomic mass is 10.4. The molecule has 1 aliphatic heterocycles. The third-order valence-corrected chi connectivity index (χ3v) is 3.37. The average molecular weight is 246 g/mol. The lowest BCUT2D eigenvalue weighted by molar-refractivity contribution is 0.337. The summed E-state index contributed by atoms with van der Waals surface area (Å²) in [5.74, 6) is 0.846. The van der Waals surface area contributed by atoms with Gasteiger partial charge in [0.2, 0.25) is 0 Å². The van der Waals surface area contributed by atoms with E-state index in [1.54, 1.807) is 12.7 Å². The van der Waals surface area contributed by atoms with Crippen LogP contribution in [-0.4, -0.2) is 51.0 Å². The first-order valence-electron chi connectivity index (χ1n) is 6.54. The fourth-order valence-electron chi connectivity index (χ4n) is 2.41. The molecule has 96 valence electrons. The van der Waals surface area contributed by atoms with Gasteiger partial charge < -0.3 is 15.2 Å². The zero-order valence-corrected chi connectivity index (χ0v) is 10.4. The van der Waals surface area contributed by atoms with Gasteiger partial charge >= 0.3 is 0 Å². The van der Waals surface area contributed by atoms with E-state index in [1.807, 2.05) is 0 Å². The number of nitrogens with one attached hydrogen (secondary N) is 2. The molecule has 1 saturated heterocycles. The minimum Gasteiger partial charge on any atom is -0.368 e. The summed E-state index contributed by atoms with van der Waals surface area (Å²) in [6.07, 6.45) is 7.04. The Morgan fingerprint density at radius 2 is 2.11 bits per heavy atom. The Kier molecular flexibility index (Phi) is 3.36. The molecule has 18 heavy (non-hydrogen) atoms. The van der Waals surface area contributed by atoms with Crippen LogP contribution in [0.1, 0.15) is 19.3 Å². The Morgan fingerprint density at radius 3 is 3.00 bits per heavy atom. The molecule has 0 unspecified atom stereocenters. The van der Waals surface area contributed by atoms with Crippen LogP contribution in [0, 0.1) is 0 Å². The Balaban J connectivity index is 1.51. The second-order valence-corrected chi connectivity index (χ2v) is 4.65. The average Bonchev–Trinajstić information content (AvgIpc) is 3.05. The van der Waals surface area contributed by atoms with Crippen molar-refractivity contribution in [1.29, 1.82) is 0 Å². The van der Waals surface area contributed by atoms with Crippen LogP contribution in [0.3, 0.4) is 0 Å². The fraction of sp³-hybridized carbons (Fsp3) is 0.583. The molecular weight excluding hydrogens is 228 g/mol. The molecule has 0 aliphatic carbocycles. The number of imidazole rings is 1. The van der Waals surface area contributed by atoms with Gasteiger partial charge in [-0.2, -0.15) is 0 Å². The predicted molar refractivity (Wildman–Crippen MR) is 70.5 cm³/mol. The predicted octanol–water partition coefficient (Wildman–Crippen LogP) is 1.25. The third kappa shape index (κ3) is 2.43. The lowest BCUT2D eigenvalue weighted by Gasteiger charge is -2.14. The standard InChI is InChI=1S/C12H18N6/c1-2-6-18(5-1)7-3-4-13-11-10-12(15-8-14-10)17-9-16-11/h8-9H,1-7H2,(H2,13,14,15,16,17). The number of hydrogen-bond donors (Lipinski definition) is 2. The highest BCUT2D eigenvalue weighted by atomic mass is 15.1. The summed E-state index contributed by atoms with van der Waals surface area (Å²) in [7, 11) is 0. The van der Waals surface area contributed by atoms with Crippen molar-refractivity contribution in [2.24, 2.45) is 0 Å². The molecule has 2 aromatic rings. The second-order valence-electron chi connectivity index (χ2n) is 4.65. The van der Waals surface area contributed by atoms with E-state index in [0.29, 0.717) is 5.65 Å². The molecule has 2 N–H and O–H groups in total. The molecule has 1 aliphatic rings. The molecule has 0 amide bonds. The van der Waals surface area contributed by atoms with Crippen molar-refractivity contribution in [2.75, 3.05) is 31.5 Å². The Labute approximate surface area is 106 Å². The normalized spacial score (nSPS) is 16.4. The number of aromatic amines is 1. The van der Waals surface area contributed by atoms with E-state index in [0.717, 1.165) is 24.3 Å². The van der Waals surface area contributed by atoms with Crippen LogP contribution in [0.5, 0.6) is 0 Å². The van der Waals surface area contributed by atoms with Crippen molar-refractivity contribution in [3.8, 4) is 0 Å². The minimum atomic E-state index is 0.715. The van der Waals surface area contributed by atoms with Gasteiger partial charge in [-0.3, -0.25) is 0 Å².